The molecule has 2 heterocycles. The number of hydrogen-bond donors (Lipinski definition) is 2. The number of rotatable bonds is 9. The van der Waals surface area contributed by atoms with Gasteiger partial charge in [-0.1, -0.05) is 60.7 Å². The van der Waals surface area contributed by atoms with E-state index in [0.29, 0.717) is 0 Å². The number of carboxylic acid groups (broad SMARTS) is 1. The number of amides is 1. The Kier molecular flexibility index (Phi) is 8.25. The van der Waals surface area contributed by atoms with E-state index < -0.39 is 42.9 Å². The summed E-state index contributed by atoms with van der Waals surface area (Å²) in [6, 6.07) is 18.3. The third-order valence-corrected chi connectivity index (χ3v) is 5.66. The number of fused-ring (bicyclic) bond motifs is 1. The molecule has 2 saturated heterocycles. The van der Waals surface area contributed by atoms with Crippen LogP contribution in [-0.2, 0) is 39.9 Å². The van der Waals surface area contributed by atoms with Gasteiger partial charge >= 0.3 is 5.97 Å². The second-order valence-corrected chi connectivity index (χ2v) is 8.22. The molecule has 9 nitrogen and oxygen atoms in total. The molecule has 0 spiro atoms. The van der Waals surface area contributed by atoms with Crippen LogP contribution < -0.4 is 5.32 Å². The van der Waals surface area contributed by atoms with Gasteiger partial charge in [0.1, 0.15) is 24.4 Å². The van der Waals surface area contributed by atoms with Gasteiger partial charge in [0.2, 0.25) is 5.91 Å². The van der Waals surface area contributed by atoms with Crippen molar-refractivity contribution in [2.24, 2.45) is 0 Å². The van der Waals surface area contributed by atoms with Crippen LogP contribution in [0.1, 0.15) is 30.8 Å². The second-order valence-electron chi connectivity index (χ2n) is 8.22. The Morgan fingerprint density at radius 1 is 1.03 bits per heavy atom. The van der Waals surface area contributed by atoms with Crippen LogP contribution in [0.4, 0.5) is 0 Å². The second kappa shape index (κ2) is 11.5. The molecule has 6 atom stereocenters. The van der Waals surface area contributed by atoms with E-state index in [1.165, 1.54) is 6.92 Å². The summed E-state index contributed by atoms with van der Waals surface area (Å²) in [4.78, 5) is 23.2. The van der Waals surface area contributed by atoms with Crippen molar-refractivity contribution >= 4 is 11.9 Å². The van der Waals surface area contributed by atoms with Crippen LogP contribution in [0.25, 0.3) is 0 Å². The van der Waals surface area contributed by atoms with E-state index in [1.807, 2.05) is 60.7 Å². The van der Waals surface area contributed by atoms with E-state index in [0.717, 1.165) is 11.1 Å². The molecule has 2 aromatic rings. The van der Waals surface area contributed by atoms with Crippen molar-refractivity contribution < 1.29 is 38.4 Å². The number of carbonyl (C=O) groups excluding carboxylic acids is 1. The third kappa shape index (κ3) is 6.19. The Bertz CT molecular complexity index is 940. The summed E-state index contributed by atoms with van der Waals surface area (Å²) >= 11 is 0. The van der Waals surface area contributed by atoms with E-state index in [9.17, 15) is 9.59 Å². The largest absolute Gasteiger partial charge is 0.481 e. The minimum Gasteiger partial charge on any atom is -0.481 e. The summed E-state index contributed by atoms with van der Waals surface area (Å²) in [5.74, 6) is -1.27. The van der Waals surface area contributed by atoms with Gasteiger partial charge in [-0.25, -0.2) is 0 Å². The van der Waals surface area contributed by atoms with Gasteiger partial charge in [-0.2, -0.15) is 0 Å². The van der Waals surface area contributed by atoms with Crippen molar-refractivity contribution in [1.82, 2.24) is 5.32 Å². The molecule has 1 unspecified atom stereocenters. The van der Waals surface area contributed by atoms with Crippen molar-refractivity contribution in [2.45, 2.75) is 56.9 Å². The summed E-state index contributed by atoms with van der Waals surface area (Å²) in [7, 11) is 0. The van der Waals surface area contributed by atoms with Gasteiger partial charge in [0.25, 0.3) is 0 Å². The lowest BCUT2D eigenvalue weighted by Gasteiger charge is -2.49. The van der Waals surface area contributed by atoms with Crippen LogP contribution in [0, 0.1) is 0 Å². The summed E-state index contributed by atoms with van der Waals surface area (Å²) in [5.41, 5.74) is 1.78. The first-order valence-electron chi connectivity index (χ1n) is 11.2. The smallest absolute Gasteiger partial charge is 0.305 e. The fourth-order valence-electron chi connectivity index (χ4n) is 4.11. The first-order chi connectivity index (χ1) is 16.5. The average molecular weight is 472 g/mol. The molecule has 0 radical (unpaired) electrons. The molecule has 2 aromatic carbocycles. The third-order valence-electron chi connectivity index (χ3n) is 5.66. The lowest BCUT2D eigenvalue weighted by Crippen LogP contribution is -2.67. The fraction of sp³-hybridized carbons (Fsp3) is 0.440. The lowest BCUT2D eigenvalue weighted by atomic mass is 9.95. The average Bonchev–Trinajstić information content (AvgIpc) is 2.84. The van der Waals surface area contributed by atoms with Gasteiger partial charge in [0.15, 0.2) is 12.6 Å². The first-order valence-corrected chi connectivity index (χ1v) is 11.2. The summed E-state index contributed by atoms with van der Waals surface area (Å²) in [6.07, 6.45) is -3.52. The van der Waals surface area contributed by atoms with Gasteiger partial charge in [-0.05, 0) is 5.56 Å². The molecule has 2 aliphatic rings. The normalized spacial score (nSPS) is 28.6. The number of carboxylic acids is 1. The van der Waals surface area contributed by atoms with E-state index in [-0.39, 0.29) is 32.1 Å². The molecule has 0 bridgehead atoms. The van der Waals surface area contributed by atoms with Gasteiger partial charge in [-0.15, -0.1) is 0 Å². The summed E-state index contributed by atoms with van der Waals surface area (Å²) in [5, 5.41) is 12.0. The predicted octanol–water partition coefficient (Wildman–Crippen LogP) is 2.41. The number of carbonyl (C=O) groups is 2. The van der Waals surface area contributed by atoms with Crippen LogP contribution in [0.2, 0.25) is 0 Å². The van der Waals surface area contributed by atoms with Crippen molar-refractivity contribution in [1.29, 1.82) is 0 Å². The van der Waals surface area contributed by atoms with Crippen LogP contribution in [0.5, 0.6) is 0 Å². The maximum atomic E-state index is 12.1. The standard InChI is InChI=1S/C25H29NO8/c1-16(27)26-21-23(30-13-12-20(28)29)22-19(15-32-24(34-22)18-10-6-3-7-11-18)33-25(21)31-14-17-8-4-2-5-9-17/h2-11,19,21-25H,12-15H2,1H3,(H,26,27)(H,28,29)/t19-,21-,22-,23-,24?,25+/m1/s1. The van der Waals surface area contributed by atoms with E-state index in [2.05, 4.69) is 5.32 Å². The quantitative estimate of drug-likeness (QED) is 0.573. The minimum atomic E-state index is -0.980. The Morgan fingerprint density at radius 3 is 2.41 bits per heavy atom. The molecule has 0 aromatic heterocycles. The maximum Gasteiger partial charge on any atom is 0.305 e. The topological polar surface area (TPSA) is 113 Å². The molecule has 2 fully saturated rings. The zero-order chi connectivity index (χ0) is 23.9. The highest BCUT2D eigenvalue weighted by molar-refractivity contribution is 5.73. The van der Waals surface area contributed by atoms with Crippen molar-refractivity contribution in [3.05, 3.63) is 71.8 Å². The molecule has 2 aliphatic heterocycles. The Hall–Kier alpha value is -2.82. The lowest BCUT2D eigenvalue weighted by molar-refractivity contribution is -0.349. The SMILES string of the molecule is CC(=O)N[C@H]1[C@@H](OCc2ccccc2)O[C@@H]2COC(c3ccccc3)O[C@H]2[C@@H]1OCCC(=O)O. The Morgan fingerprint density at radius 2 is 1.74 bits per heavy atom. The van der Waals surface area contributed by atoms with Crippen molar-refractivity contribution in [2.75, 3.05) is 13.2 Å². The molecule has 182 valence electrons. The predicted molar refractivity (Wildman–Crippen MR) is 119 cm³/mol. The highest BCUT2D eigenvalue weighted by atomic mass is 16.7. The Labute approximate surface area is 197 Å². The first kappa shape index (κ1) is 24.3. The molecule has 0 saturated carbocycles. The molecule has 9 heteroatoms. The zero-order valence-electron chi connectivity index (χ0n) is 18.9. The molecule has 4 rings (SSSR count). The molecule has 0 aliphatic carbocycles. The van der Waals surface area contributed by atoms with Crippen LogP contribution >= 0.6 is 0 Å². The summed E-state index contributed by atoms with van der Waals surface area (Å²) < 4.78 is 30.4. The Balaban J connectivity index is 1.55. The molecule has 34 heavy (non-hydrogen) atoms. The maximum absolute atomic E-state index is 12.1. The summed E-state index contributed by atoms with van der Waals surface area (Å²) in [6.45, 7) is 1.83. The number of aliphatic carboxylic acids is 1. The van der Waals surface area contributed by atoms with Crippen LogP contribution in [0.3, 0.4) is 0 Å². The number of benzene rings is 2. The molecule has 1 amide bonds. The highest BCUT2D eigenvalue weighted by Crippen LogP contribution is 2.36. The van der Waals surface area contributed by atoms with Crippen LogP contribution in [0.15, 0.2) is 60.7 Å². The number of ether oxygens (including phenoxy) is 5. The van der Waals surface area contributed by atoms with Gasteiger partial charge in [0.05, 0.1) is 26.2 Å². The van der Waals surface area contributed by atoms with E-state index >= 15 is 0 Å². The fourth-order valence-corrected chi connectivity index (χ4v) is 4.11. The number of hydrogen-bond acceptors (Lipinski definition) is 7. The van der Waals surface area contributed by atoms with Gasteiger partial charge in [0, 0.05) is 12.5 Å². The minimum absolute atomic E-state index is 0.0507. The molecule has 2 N–H and O–H groups in total. The monoisotopic (exact) mass is 471 g/mol. The number of nitrogens with one attached hydrogen (secondary N) is 1. The molecular formula is C25H29NO8. The van der Waals surface area contributed by atoms with Crippen molar-refractivity contribution in [3.63, 3.8) is 0 Å². The van der Waals surface area contributed by atoms with Crippen molar-refractivity contribution in [3.8, 4) is 0 Å². The molecular weight excluding hydrogens is 442 g/mol. The van der Waals surface area contributed by atoms with Crippen LogP contribution in [-0.4, -0.2) is 60.8 Å². The van der Waals surface area contributed by atoms with E-state index in [4.69, 9.17) is 28.8 Å². The highest BCUT2D eigenvalue weighted by Gasteiger charge is 2.51. The van der Waals surface area contributed by atoms with Gasteiger partial charge in [-0.3, -0.25) is 9.59 Å². The van der Waals surface area contributed by atoms with Gasteiger partial charge < -0.3 is 34.1 Å². The zero-order valence-corrected chi connectivity index (χ0v) is 18.9. The van der Waals surface area contributed by atoms with E-state index in [1.54, 1.807) is 0 Å².